The van der Waals surface area contributed by atoms with Gasteiger partial charge in [-0.15, -0.1) is 0 Å². The lowest BCUT2D eigenvalue weighted by Crippen LogP contribution is -2.58. The Morgan fingerprint density at radius 1 is 0.828 bits per heavy atom. The maximum absolute atomic E-state index is 14.1. The molecule has 2 amide bonds. The minimum absolute atomic E-state index is 0.0271. The highest BCUT2D eigenvalue weighted by atomic mass is 16.7. The molecule has 1 fully saturated rings. The Hall–Kier alpha value is -6.44. The zero-order valence-corrected chi connectivity index (χ0v) is 32.8. The average Bonchev–Trinajstić information content (AvgIpc) is 3.82. The number of furan rings is 1. The molecule has 2 N–H and O–H groups in total. The number of aromatic nitrogens is 1. The molecule has 1 aliphatic heterocycles. The van der Waals surface area contributed by atoms with Crippen LogP contribution < -0.4 is 10.6 Å². The van der Waals surface area contributed by atoms with E-state index in [4.69, 9.17) is 18.6 Å². The van der Waals surface area contributed by atoms with Gasteiger partial charge in [0, 0.05) is 56.1 Å². The number of hydrogen-bond donors (Lipinski definition) is 2. The third-order valence-electron chi connectivity index (χ3n) is 10.4. The number of rotatable bonds is 13. The summed E-state index contributed by atoms with van der Waals surface area (Å²) in [5.74, 6) is -0.646. The zero-order valence-electron chi connectivity index (χ0n) is 32.8. The lowest BCUT2D eigenvalue weighted by atomic mass is 9.91. The molecule has 6 aromatic rings. The molecule has 7 rings (SSSR count). The molecule has 0 spiro atoms. The van der Waals surface area contributed by atoms with Crippen LogP contribution in [0.3, 0.4) is 0 Å². The summed E-state index contributed by atoms with van der Waals surface area (Å²) in [6.45, 7) is 7.51. The number of carbonyl (C=O) groups excluding carboxylic acids is 4. The first-order chi connectivity index (χ1) is 28.0. The van der Waals surface area contributed by atoms with Crippen molar-refractivity contribution in [3.8, 4) is 0 Å². The topological polar surface area (TPSA) is 145 Å². The van der Waals surface area contributed by atoms with Crippen molar-refractivity contribution in [2.45, 2.75) is 45.0 Å². The maximum Gasteiger partial charge on any atom is 0.421 e. The molecule has 58 heavy (non-hydrogen) atoms. The largest absolute Gasteiger partial charge is 0.457 e. The first-order valence-corrected chi connectivity index (χ1v) is 19.3. The van der Waals surface area contributed by atoms with Crippen molar-refractivity contribution in [2.75, 3.05) is 40.0 Å². The van der Waals surface area contributed by atoms with E-state index in [2.05, 4.69) is 27.5 Å². The van der Waals surface area contributed by atoms with Crippen LogP contribution in [0.5, 0.6) is 0 Å². The molecule has 300 valence electrons. The summed E-state index contributed by atoms with van der Waals surface area (Å²) in [5.41, 5.74) is 2.50. The smallest absolute Gasteiger partial charge is 0.421 e. The van der Waals surface area contributed by atoms with E-state index in [1.54, 1.807) is 43.5 Å². The van der Waals surface area contributed by atoms with Gasteiger partial charge in [0.05, 0.1) is 17.1 Å². The molecule has 0 aliphatic carbocycles. The van der Waals surface area contributed by atoms with E-state index in [-0.39, 0.29) is 19.1 Å². The summed E-state index contributed by atoms with van der Waals surface area (Å²) >= 11 is 0. The summed E-state index contributed by atoms with van der Waals surface area (Å²) in [5, 5.41) is 7.34. The third-order valence-corrected chi connectivity index (χ3v) is 10.4. The van der Waals surface area contributed by atoms with Crippen molar-refractivity contribution in [3.05, 3.63) is 143 Å². The molecular formula is C45H47N5O8. The highest BCUT2D eigenvalue weighted by molar-refractivity contribution is 5.95. The third kappa shape index (κ3) is 9.56. The Morgan fingerprint density at radius 3 is 2.29 bits per heavy atom. The Kier molecular flexibility index (Phi) is 12.2. The predicted octanol–water partition coefficient (Wildman–Crippen LogP) is 7.04. The number of benzene rings is 4. The molecule has 2 aromatic heterocycles. The number of para-hydroxylation sites is 2. The molecule has 13 heteroatoms. The van der Waals surface area contributed by atoms with Crippen molar-refractivity contribution in [3.63, 3.8) is 0 Å². The molecule has 0 radical (unpaired) electrons. The maximum atomic E-state index is 14.1. The van der Waals surface area contributed by atoms with Crippen LogP contribution in [-0.4, -0.2) is 84.0 Å². The lowest BCUT2D eigenvalue weighted by molar-refractivity contribution is -0.127. The van der Waals surface area contributed by atoms with Crippen LogP contribution in [0, 0.1) is 0 Å². The molecule has 2 unspecified atom stereocenters. The van der Waals surface area contributed by atoms with Gasteiger partial charge in [-0.2, -0.15) is 0 Å². The molecule has 13 nitrogen and oxygen atoms in total. The fraction of sp³-hybridized carbons (Fsp3) is 0.289. The Labute approximate surface area is 336 Å². The van der Waals surface area contributed by atoms with Crippen LogP contribution in [0.2, 0.25) is 0 Å². The van der Waals surface area contributed by atoms with E-state index in [0.29, 0.717) is 33.4 Å². The van der Waals surface area contributed by atoms with E-state index in [0.717, 1.165) is 49.2 Å². The van der Waals surface area contributed by atoms with Gasteiger partial charge in [-0.3, -0.25) is 14.3 Å². The quantitative estimate of drug-likeness (QED) is 0.0925. The Morgan fingerprint density at radius 2 is 1.53 bits per heavy atom. The number of nitrogens with one attached hydrogen (secondary N) is 2. The monoisotopic (exact) mass is 785 g/mol. The summed E-state index contributed by atoms with van der Waals surface area (Å²) in [4.78, 5) is 58.5. The van der Waals surface area contributed by atoms with E-state index >= 15 is 0 Å². The van der Waals surface area contributed by atoms with Crippen molar-refractivity contribution >= 4 is 45.9 Å². The van der Waals surface area contributed by atoms with Crippen LogP contribution in [0.1, 0.15) is 52.7 Å². The molecule has 1 saturated heterocycles. The number of amides is 2. The van der Waals surface area contributed by atoms with E-state index in [1.165, 1.54) is 4.57 Å². The molecule has 4 aromatic carbocycles. The van der Waals surface area contributed by atoms with Crippen LogP contribution >= 0.6 is 0 Å². The van der Waals surface area contributed by atoms with Gasteiger partial charge >= 0.3 is 18.2 Å². The van der Waals surface area contributed by atoms with Gasteiger partial charge in [-0.1, -0.05) is 78.9 Å². The number of piperazine rings is 1. The van der Waals surface area contributed by atoms with Gasteiger partial charge in [0.1, 0.15) is 16.9 Å². The second-order valence-corrected chi connectivity index (χ2v) is 14.8. The Balaban J connectivity index is 1.03. The standard InChI is InChI=1S/C45H47N5O8/c1-31(33-11-5-4-6-12-33)46-42(52)45(2,47-43(53)55-29-37-25-35-13-7-10-16-40(35)58-37)26-36-28-50(39-15-9-8-14-38(36)39)44(54)57-30-56-41(51)34-19-17-32(18-20-34)27-49-23-21-48(3)22-24-49/h4-20,25,28,31H,21-24,26-27,29-30H2,1-3H3,(H,46,52)(H,47,53). The molecule has 2 atom stereocenters. The summed E-state index contributed by atoms with van der Waals surface area (Å²) in [6, 6.07) is 32.7. The van der Waals surface area contributed by atoms with E-state index in [9.17, 15) is 19.2 Å². The lowest BCUT2D eigenvalue weighted by Gasteiger charge is -2.32. The number of alkyl carbamates (subject to hydrolysis) is 1. The number of nitrogens with zero attached hydrogens (tertiary/aromatic N) is 3. The second-order valence-electron chi connectivity index (χ2n) is 14.8. The first-order valence-electron chi connectivity index (χ1n) is 19.3. The number of hydrogen-bond acceptors (Lipinski definition) is 10. The van der Waals surface area contributed by atoms with Gasteiger partial charge in [0.2, 0.25) is 12.7 Å². The molecular weight excluding hydrogens is 739 g/mol. The fourth-order valence-electron chi connectivity index (χ4n) is 7.09. The van der Waals surface area contributed by atoms with Gasteiger partial charge in [-0.25, -0.2) is 14.4 Å². The minimum Gasteiger partial charge on any atom is -0.457 e. The number of likely N-dealkylation sites (N-methyl/N-ethyl adjacent to an activating group) is 1. The fourth-order valence-corrected chi connectivity index (χ4v) is 7.09. The molecule has 0 saturated carbocycles. The van der Waals surface area contributed by atoms with Crippen LogP contribution in [0.25, 0.3) is 21.9 Å². The molecule has 3 heterocycles. The van der Waals surface area contributed by atoms with Crippen LogP contribution in [0.15, 0.2) is 120 Å². The minimum atomic E-state index is -1.55. The number of esters is 1. The summed E-state index contributed by atoms with van der Waals surface area (Å²) < 4.78 is 23.4. The van der Waals surface area contributed by atoms with Crippen molar-refractivity contribution < 1.29 is 37.8 Å². The van der Waals surface area contributed by atoms with Gasteiger partial charge in [-0.05, 0) is 67.9 Å². The summed E-state index contributed by atoms with van der Waals surface area (Å²) in [7, 11) is 2.12. The summed E-state index contributed by atoms with van der Waals surface area (Å²) in [6.07, 6.45) is -0.0951. The van der Waals surface area contributed by atoms with Crippen molar-refractivity contribution in [1.82, 2.24) is 25.0 Å². The van der Waals surface area contributed by atoms with E-state index in [1.807, 2.05) is 85.8 Å². The zero-order chi connectivity index (χ0) is 40.6. The Bertz CT molecular complexity index is 2350. The predicted molar refractivity (Wildman–Crippen MR) is 218 cm³/mol. The highest BCUT2D eigenvalue weighted by Gasteiger charge is 2.38. The van der Waals surface area contributed by atoms with Crippen molar-refractivity contribution in [1.29, 1.82) is 0 Å². The highest BCUT2D eigenvalue weighted by Crippen LogP contribution is 2.27. The second kappa shape index (κ2) is 17.8. The van der Waals surface area contributed by atoms with Crippen molar-refractivity contribution in [2.24, 2.45) is 0 Å². The number of fused-ring (bicyclic) bond motifs is 2. The van der Waals surface area contributed by atoms with Gasteiger partial charge in [0.15, 0.2) is 6.61 Å². The van der Waals surface area contributed by atoms with Crippen LogP contribution in [-0.2, 0) is 38.6 Å². The van der Waals surface area contributed by atoms with Gasteiger partial charge < -0.3 is 34.2 Å². The SMILES string of the molecule is CC(NC(=O)C(C)(Cc1cn(C(=O)OCOC(=O)c2ccc(CN3CCN(C)CC3)cc2)c2ccccc12)NC(=O)OCc1cc2ccccc2o1)c1ccccc1. The van der Waals surface area contributed by atoms with Gasteiger partial charge in [0.25, 0.3) is 0 Å². The molecule has 0 bridgehead atoms. The number of ether oxygens (including phenoxy) is 3. The van der Waals surface area contributed by atoms with Crippen LogP contribution in [0.4, 0.5) is 9.59 Å². The molecule has 1 aliphatic rings. The normalized spacial score (nSPS) is 15.0. The first kappa shape index (κ1) is 39.8. The van der Waals surface area contributed by atoms with E-state index < -0.39 is 36.4 Å². The average molecular weight is 786 g/mol. The number of carbonyl (C=O) groups is 4.